The number of anilines is 2. The first-order valence-electron chi connectivity index (χ1n) is 9.09. The lowest BCUT2D eigenvalue weighted by Gasteiger charge is -2.13. The Labute approximate surface area is 196 Å². The van der Waals surface area contributed by atoms with Gasteiger partial charge in [-0.05, 0) is 48.5 Å². The molecule has 0 aromatic heterocycles. The summed E-state index contributed by atoms with van der Waals surface area (Å²) in [6.07, 6.45) is -4.57. The van der Waals surface area contributed by atoms with Crippen molar-refractivity contribution in [2.24, 2.45) is 0 Å². The second kappa shape index (κ2) is 10.3. The number of para-hydroxylation sites is 1. The van der Waals surface area contributed by atoms with Crippen LogP contribution in [0.5, 0.6) is 0 Å². The van der Waals surface area contributed by atoms with Gasteiger partial charge in [-0.25, -0.2) is 0 Å². The average Bonchev–Trinajstić information content (AvgIpc) is 2.72. The highest BCUT2D eigenvalue weighted by atomic mass is 35.5. The minimum absolute atomic E-state index is 0.118. The quantitative estimate of drug-likeness (QED) is 0.360. The highest BCUT2D eigenvalue weighted by Crippen LogP contribution is 2.34. The molecule has 4 nitrogen and oxygen atoms in total. The molecular formula is C22H15Cl2F3N2O2S. The molecule has 2 N–H and O–H groups in total. The van der Waals surface area contributed by atoms with Gasteiger partial charge in [-0.2, -0.15) is 13.2 Å². The largest absolute Gasteiger partial charge is 0.418 e. The molecular weight excluding hydrogens is 484 g/mol. The second-order valence-corrected chi connectivity index (χ2v) is 8.38. The first-order chi connectivity index (χ1) is 15.1. The molecule has 0 atom stereocenters. The topological polar surface area (TPSA) is 58.2 Å². The third-order valence-electron chi connectivity index (χ3n) is 4.14. The predicted octanol–water partition coefficient (Wildman–Crippen LogP) is 7.00. The molecule has 0 spiro atoms. The van der Waals surface area contributed by atoms with Crippen LogP contribution >= 0.6 is 35.0 Å². The minimum atomic E-state index is -4.57. The van der Waals surface area contributed by atoms with Gasteiger partial charge in [-0.3, -0.25) is 9.59 Å². The Hall–Kier alpha value is -2.68. The average molecular weight is 499 g/mol. The number of nitrogens with one attached hydrogen (secondary N) is 2. The molecule has 3 aromatic carbocycles. The number of thioether (sulfide) groups is 1. The van der Waals surface area contributed by atoms with Crippen molar-refractivity contribution in [1.82, 2.24) is 0 Å². The number of amides is 2. The van der Waals surface area contributed by atoms with Crippen LogP contribution in [0.2, 0.25) is 10.0 Å². The van der Waals surface area contributed by atoms with Crippen molar-refractivity contribution < 1.29 is 22.8 Å². The van der Waals surface area contributed by atoms with Crippen molar-refractivity contribution in [3.8, 4) is 0 Å². The van der Waals surface area contributed by atoms with Gasteiger partial charge in [0.05, 0.1) is 27.6 Å². The van der Waals surface area contributed by atoms with Crippen LogP contribution in [-0.4, -0.2) is 17.6 Å². The molecule has 3 aromatic rings. The number of alkyl halides is 3. The fourth-order valence-electron chi connectivity index (χ4n) is 2.71. The maximum Gasteiger partial charge on any atom is 0.418 e. The minimum Gasteiger partial charge on any atom is -0.325 e. The Morgan fingerprint density at radius 1 is 0.906 bits per heavy atom. The molecule has 0 unspecified atom stereocenters. The van der Waals surface area contributed by atoms with Crippen LogP contribution in [0, 0.1) is 0 Å². The third-order valence-corrected chi connectivity index (χ3v) is 5.69. The molecule has 0 saturated heterocycles. The smallest absolute Gasteiger partial charge is 0.325 e. The summed E-state index contributed by atoms with van der Waals surface area (Å²) in [6.45, 7) is 0. The summed E-state index contributed by atoms with van der Waals surface area (Å²) in [5, 5.41) is 5.61. The summed E-state index contributed by atoms with van der Waals surface area (Å²) in [5.41, 5.74) is -0.499. The van der Waals surface area contributed by atoms with Crippen molar-refractivity contribution in [3.63, 3.8) is 0 Å². The van der Waals surface area contributed by atoms with Gasteiger partial charge >= 0.3 is 6.18 Å². The van der Waals surface area contributed by atoms with E-state index in [0.29, 0.717) is 15.6 Å². The van der Waals surface area contributed by atoms with Gasteiger partial charge in [-0.1, -0.05) is 41.4 Å². The second-order valence-electron chi connectivity index (χ2n) is 6.49. The SMILES string of the molecule is O=C(CSc1cccc(NC(=O)c2ccc(Cl)cc2Cl)c1)Nc1ccccc1C(F)(F)F. The van der Waals surface area contributed by atoms with Crippen molar-refractivity contribution in [2.75, 3.05) is 16.4 Å². The molecule has 0 radical (unpaired) electrons. The van der Waals surface area contributed by atoms with Crippen molar-refractivity contribution in [2.45, 2.75) is 11.1 Å². The fraction of sp³-hybridized carbons (Fsp3) is 0.0909. The normalized spacial score (nSPS) is 11.2. The van der Waals surface area contributed by atoms with E-state index < -0.39 is 23.6 Å². The summed E-state index contributed by atoms with van der Waals surface area (Å²) in [4.78, 5) is 25.3. The Morgan fingerprint density at radius 3 is 2.38 bits per heavy atom. The van der Waals surface area contributed by atoms with E-state index in [9.17, 15) is 22.8 Å². The summed E-state index contributed by atoms with van der Waals surface area (Å²) >= 11 is 13.0. The van der Waals surface area contributed by atoms with E-state index in [1.54, 1.807) is 30.3 Å². The summed E-state index contributed by atoms with van der Waals surface area (Å²) in [7, 11) is 0. The molecule has 10 heteroatoms. The van der Waals surface area contributed by atoms with Crippen LogP contribution in [0.25, 0.3) is 0 Å². The van der Waals surface area contributed by atoms with Gasteiger partial charge in [0.2, 0.25) is 5.91 Å². The van der Waals surface area contributed by atoms with Gasteiger partial charge in [0, 0.05) is 15.6 Å². The van der Waals surface area contributed by atoms with Crippen LogP contribution in [-0.2, 0) is 11.0 Å². The maximum absolute atomic E-state index is 13.1. The highest BCUT2D eigenvalue weighted by molar-refractivity contribution is 8.00. The number of hydrogen-bond donors (Lipinski definition) is 2. The summed E-state index contributed by atoms with van der Waals surface area (Å²) < 4.78 is 39.2. The van der Waals surface area contributed by atoms with E-state index in [1.807, 2.05) is 0 Å². The lowest BCUT2D eigenvalue weighted by atomic mass is 10.1. The zero-order valence-electron chi connectivity index (χ0n) is 16.2. The van der Waals surface area contributed by atoms with Crippen LogP contribution in [0.15, 0.2) is 71.6 Å². The molecule has 0 saturated carbocycles. The van der Waals surface area contributed by atoms with E-state index in [2.05, 4.69) is 10.6 Å². The van der Waals surface area contributed by atoms with E-state index >= 15 is 0 Å². The first kappa shape index (κ1) is 24.0. The van der Waals surface area contributed by atoms with Crippen molar-refractivity contribution in [3.05, 3.63) is 87.9 Å². The Balaban J connectivity index is 1.62. The summed E-state index contributed by atoms with van der Waals surface area (Å²) in [5.74, 6) is -1.14. The monoisotopic (exact) mass is 498 g/mol. The van der Waals surface area contributed by atoms with E-state index in [4.69, 9.17) is 23.2 Å². The molecule has 0 heterocycles. The molecule has 0 fully saturated rings. The van der Waals surface area contributed by atoms with Crippen LogP contribution in [0.4, 0.5) is 24.5 Å². The van der Waals surface area contributed by atoms with Gasteiger partial charge in [0.15, 0.2) is 0 Å². The lowest BCUT2D eigenvalue weighted by molar-refractivity contribution is -0.137. The molecule has 0 aliphatic carbocycles. The molecule has 2 amide bonds. The van der Waals surface area contributed by atoms with Gasteiger partial charge in [0.1, 0.15) is 0 Å². The number of benzene rings is 3. The Bertz CT molecular complexity index is 1160. The van der Waals surface area contributed by atoms with Gasteiger partial charge in [0.25, 0.3) is 5.91 Å². The zero-order chi connectivity index (χ0) is 23.3. The zero-order valence-corrected chi connectivity index (χ0v) is 18.5. The highest BCUT2D eigenvalue weighted by Gasteiger charge is 2.33. The molecule has 0 aliphatic rings. The van der Waals surface area contributed by atoms with Crippen molar-refractivity contribution in [1.29, 1.82) is 0 Å². The predicted molar refractivity (Wildman–Crippen MR) is 122 cm³/mol. The first-order valence-corrected chi connectivity index (χ1v) is 10.8. The number of carbonyl (C=O) groups is 2. The van der Waals surface area contributed by atoms with Crippen molar-refractivity contribution >= 4 is 58.2 Å². The van der Waals surface area contributed by atoms with E-state index in [1.165, 1.54) is 30.3 Å². The Kier molecular flexibility index (Phi) is 7.71. The number of hydrogen-bond acceptors (Lipinski definition) is 3. The number of rotatable bonds is 6. The van der Waals surface area contributed by atoms with Gasteiger partial charge in [-0.15, -0.1) is 11.8 Å². The summed E-state index contributed by atoms with van der Waals surface area (Å²) in [6, 6.07) is 16.0. The van der Waals surface area contributed by atoms with Gasteiger partial charge < -0.3 is 10.6 Å². The molecule has 0 bridgehead atoms. The van der Waals surface area contributed by atoms with Crippen LogP contribution in [0.3, 0.4) is 0 Å². The fourth-order valence-corrected chi connectivity index (χ4v) is 3.96. The van der Waals surface area contributed by atoms with Crippen LogP contribution in [0.1, 0.15) is 15.9 Å². The molecule has 166 valence electrons. The molecule has 3 rings (SSSR count). The number of carbonyl (C=O) groups excluding carboxylic acids is 2. The molecule has 0 aliphatic heterocycles. The third kappa shape index (κ3) is 6.41. The van der Waals surface area contributed by atoms with E-state index in [-0.39, 0.29) is 22.0 Å². The lowest BCUT2D eigenvalue weighted by Crippen LogP contribution is -2.18. The van der Waals surface area contributed by atoms with Crippen LogP contribution < -0.4 is 10.6 Å². The maximum atomic E-state index is 13.1. The number of halogens is 5. The van der Waals surface area contributed by atoms with E-state index in [0.717, 1.165) is 17.8 Å². The standard InChI is InChI=1S/C22H15Cl2F3N2O2S/c23-13-8-9-16(18(24)10-13)21(31)28-14-4-3-5-15(11-14)32-12-20(30)29-19-7-2-1-6-17(19)22(25,26)27/h1-11H,12H2,(H,28,31)(H,29,30). The Morgan fingerprint density at radius 2 is 1.66 bits per heavy atom. The molecule has 32 heavy (non-hydrogen) atoms.